The minimum absolute atomic E-state index is 0.0551. The van der Waals surface area contributed by atoms with Crippen LogP contribution in [-0.2, 0) is 6.18 Å². The predicted molar refractivity (Wildman–Crippen MR) is 66.5 cm³/mol. The van der Waals surface area contributed by atoms with Crippen LogP contribution < -0.4 is 4.90 Å². The van der Waals surface area contributed by atoms with Crippen molar-refractivity contribution in [2.24, 2.45) is 0 Å². The summed E-state index contributed by atoms with van der Waals surface area (Å²) in [5.74, 6) is 0. The molecular formula is C12H11F3N4O2. The van der Waals surface area contributed by atoms with E-state index in [1.807, 2.05) is 6.07 Å². The van der Waals surface area contributed by atoms with Crippen molar-refractivity contribution >= 4 is 11.4 Å². The van der Waals surface area contributed by atoms with Gasteiger partial charge in [-0.3, -0.25) is 10.1 Å². The van der Waals surface area contributed by atoms with Crippen molar-refractivity contribution in [2.75, 3.05) is 11.4 Å². The van der Waals surface area contributed by atoms with Crippen molar-refractivity contribution < 1.29 is 18.1 Å². The maximum Gasteiger partial charge on any atom is 0.433 e. The molecule has 0 unspecified atom stereocenters. The molecule has 0 N–H and O–H groups in total. The lowest BCUT2D eigenvalue weighted by molar-refractivity contribution is -0.384. The van der Waals surface area contributed by atoms with Gasteiger partial charge in [0.15, 0.2) is 0 Å². The number of alkyl halides is 3. The first-order valence-corrected chi connectivity index (χ1v) is 6.20. The van der Waals surface area contributed by atoms with Gasteiger partial charge >= 0.3 is 11.9 Å². The Kier molecular flexibility index (Phi) is 3.97. The average molecular weight is 300 g/mol. The highest BCUT2D eigenvalue weighted by molar-refractivity contribution is 5.64. The predicted octanol–water partition coefficient (Wildman–Crippen LogP) is 2.89. The Hall–Kier alpha value is -2.37. The molecule has 1 aromatic rings. The summed E-state index contributed by atoms with van der Waals surface area (Å²) in [7, 11) is 0. The number of pyridine rings is 1. The van der Waals surface area contributed by atoms with Crippen LogP contribution in [0.5, 0.6) is 0 Å². The van der Waals surface area contributed by atoms with Gasteiger partial charge in [0.25, 0.3) is 0 Å². The second-order valence-corrected chi connectivity index (χ2v) is 4.65. The molecule has 0 amide bonds. The summed E-state index contributed by atoms with van der Waals surface area (Å²) < 4.78 is 38.2. The molecule has 21 heavy (non-hydrogen) atoms. The number of nitrogens with zero attached hydrogens (tertiary/aromatic N) is 4. The minimum Gasteiger partial charge on any atom is -0.362 e. The van der Waals surface area contributed by atoms with E-state index in [1.165, 1.54) is 4.90 Å². The highest BCUT2D eigenvalue weighted by atomic mass is 19.4. The largest absolute Gasteiger partial charge is 0.433 e. The van der Waals surface area contributed by atoms with E-state index >= 15 is 0 Å². The van der Waals surface area contributed by atoms with Crippen molar-refractivity contribution in [3.05, 3.63) is 28.1 Å². The molecule has 0 bridgehead atoms. The lowest BCUT2D eigenvalue weighted by Crippen LogP contribution is -2.28. The maximum absolute atomic E-state index is 12.7. The van der Waals surface area contributed by atoms with E-state index in [9.17, 15) is 23.3 Å². The third-order valence-corrected chi connectivity index (χ3v) is 3.11. The van der Waals surface area contributed by atoms with Gasteiger partial charge in [0.2, 0.25) is 0 Å². The van der Waals surface area contributed by atoms with Gasteiger partial charge in [0, 0.05) is 12.6 Å². The van der Waals surface area contributed by atoms with Crippen molar-refractivity contribution in [3.8, 4) is 6.07 Å². The van der Waals surface area contributed by atoms with Gasteiger partial charge in [0.05, 0.1) is 17.4 Å². The Morgan fingerprint density at radius 2 is 2.19 bits per heavy atom. The van der Waals surface area contributed by atoms with Crippen LogP contribution in [0, 0.1) is 21.4 Å². The summed E-state index contributed by atoms with van der Waals surface area (Å²) in [5.41, 5.74) is -1.78. The van der Waals surface area contributed by atoms with Crippen LogP contribution in [0.15, 0.2) is 12.3 Å². The fourth-order valence-electron chi connectivity index (χ4n) is 2.02. The molecule has 0 radical (unpaired) electrons. The van der Waals surface area contributed by atoms with Crippen LogP contribution in [0.4, 0.5) is 24.5 Å². The lowest BCUT2D eigenvalue weighted by Gasteiger charge is -2.23. The Morgan fingerprint density at radius 3 is 2.67 bits per heavy atom. The summed E-state index contributed by atoms with van der Waals surface area (Å²) in [4.78, 5) is 14.9. The first-order chi connectivity index (χ1) is 9.84. The number of anilines is 1. The molecule has 0 aliphatic heterocycles. The second-order valence-electron chi connectivity index (χ2n) is 4.65. The molecule has 1 aliphatic carbocycles. The zero-order chi connectivity index (χ0) is 15.6. The Bertz CT molecular complexity index is 593. The number of hydrogen-bond acceptors (Lipinski definition) is 5. The van der Waals surface area contributed by atoms with E-state index in [0.29, 0.717) is 12.3 Å². The zero-order valence-corrected chi connectivity index (χ0v) is 10.8. The number of nitro groups is 1. The summed E-state index contributed by atoms with van der Waals surface area (Å²) in [6.07, 6.45) is -2.48. The fraction of sp³-hybridized carbons (Fsp3) is 0.500. The standard InChI is InChI=1S/C12H11F3N4O2/c13-12(14,15)11-6-9(10(7-17-11)19(20)21)18(5-1-4-16)8-2-3-8/h6-8H,1-3,5H2. The van der Waals surface area contributed by atoms with E-state index in [0.717, 1.165) is 12.8 Å². The monoisotopic (exact) mass is 300 g/mol. The van der Waals surface area contributed by atoms with Gasteiger partial charge in [-0.2, -0.15) is 18.4 Å². The van der Waals surface area contributed by atoms with Crippen molar-refractivity contribution in [3.63, 3.8) is 0 Å². The first-order valence-electron chi connectivity index (χ1n) is 6.20. The SMILES string of the molecule is N#CCCN(c1cc(C(F)(F)F)ncc1[N+](=O)[O-])C1CC1. The zero-order valence-electron chi connectivity index (χ0n) is 10.8. The summed E-state index contributed by atoms with van der Waals surface area (Å²) in [5, 5.41) is 19.6. The van der Waals surface area contributed by atoms with Crippen LogP contribution in [0.2, 0.25) is 0 Å². The molecule has 0 saturated heterocycles. The molecule has 0 aromatic carbocycles. The van der Waals surface area contributed by atoms with Gasteiger partial charge in [-0.25, -0.2) is 4.98 Å². The number of halogens is 3. The lowest BCUT2D eigenvalue weighted by atomic mass is 10.2. The molecule has 112 valence electrons. The molecule has 1 aliphatic rings. The Morgan fingerprint density at radius 1 is 1.52 bits per heavy atom. The van der Waals surface area contributed by atoms with Crippen molar-refractivity contribution in [2.45, 2.75) is 31.5 Å². The average Bonchev–Trinajstić information content (AvgIpc) is 3.22. The van der Waals surface area contributed by atoms with Gasteiger partial charge in [-0.15, -0.1) is 0 Å². The normalized spacial score (nSPS) is 14.6. The third kappa shape index (κ3) is 3.39. The topological polar surface area (TPSA) is 83.1 Å². The second kappa shape index (κ2) is 5.55. The third-order valence-electron chi connectivity index (χ3n) is 3.11. The molecule has 1 saturated carbocycles. The van der Waals surface area contributed by atoms with Crippen LogP contribution in [0.3, 0.4) is 0 Å². The molecule has 1 heterocycles. The quantitative estimate of drug-likeness (QED) is 0.616. The molecule has 9 heteroatoms. The van der Waals surface area contributed by atoms with Crippen LogP contribution >= 0.6 is 0 Å². The van der Waals surface area contributed by atoms with E-state index in [2.05, 4.69) is 4.98 Å². The highest BCUT2D eigenvalue weighted by Gasteiger charge is 2.38. The minimum atomic E-state index is -4.67. The van der Waals surface area contributed by atoms with Gasteiger partial charge < -0.3 is 4.90 Å². The van der Waals surface area contributed by atoms with Gasteiger partial charge in [0.1, 0.15) is 17.6 Å². The van der Waals surface area contributed by atoms with Crippen molar-refractivity contribution in [1.82, 2.24) is 4.98 Å². The first kappa shape index (κ1) is 15.0. The molecule has 2 rings (SSSR count). The van der Waals surface area contributed by atoms with E-state index in [1.54, 1.807) is 0 Å². The summed E-state index contributed by atoms with van der Waals surface area (Å²) >= 11 is 0. The smallest absolute Gasteiger partial charge is 0.362 e. The molecule has 6 nitrogen and oxygen atoms in total. The molecule has 0 spiro atoms. The van der Waals surface area contributed by atoms with Gasteiger partial charge in [-0.1, -0.05) is 0 Å². The maximum atomic E-state index is 12.7. The van der Waals surface area contributed by atoms with Crippen LogP contribution in [0.25, 0.3) is 0 Å². The molecule has 1 fully saturated rings. The Balaban J connectivity index is 2.46. The van der Waals surface area contributed by atoms with Crippen LogP contribution in [-0.4, -0.2) is 22.5 Å². The van der Waals surface area contributed by atoms with Gasteiger partial charge in [-0.05, 0) is 18.9 Å². The molecule has 0 atom stereocenters. The number of hydrogen-bond donors (Lipinski definition) is 0. The van der Waals surface area contributed by atoms with E-state index < -0.39 is 22.5 Å². The van der Waals surface area contributed by atoms with E-state index in [-0.39, 0.29) is 24.7 Å². The molecule has 1 aromatic heterocycles. The molecular weight excluding hydrogens is 289 g/mol. The Labute approximate surface area is 118 Å². The highest BCUT2D eigenvalue weighted by Crippen LogP contribution is 2.39. The number of aromatic nitrogens is 1. The van der Waals surface area contributed by atoms with Crippen molar-refractivity contribution in [1.29, 1.82) is 5.26 Å². The summed E-state index contributed by atoms with van der Waals surface area (Å²) in [6.45, 7) is 0.156. The van der Waals surface area contributed by atoms with Crippen LogP contribution in [0.1, 0.15) is 25.0 Å². The fourth-order valence-corrected chi connectivity index (χ4v) is 2.02. The number of nitriles is 1. The number of rotatable bonds is 5. The van der Waals surface area contributed by atoms with E-state index in [4.69, 9.17) is 5.26 Å². The summed E-state index contributed by atoms with van der Waals surface area (Å²) in [6, 6.07) is 2.53.